The van der Waals surface area contributed by atoms with Gasteiger partial charge in [0.15, 0.2) is 0 Å². The molecule has 1 aromatic rings. The normalized spacial score (nSPS) is 15.9. The van der Waals surface area contributed by atoms with E-state index in [2.05, 4.69) is 10.3 Å². The zero-order valence-electron chi connectivity index (χ0n) is 10.5. The van der Waals surface area contributed by atoms with Crippen molar-refractivity contribution < 1.29 is 14.7 Å². The third-order valence-electron chi connectivity index (χ3n) is 3.09. The Morgan fingerprint density at radius 2 is 2.21 bits per heavy atom. The number of pyridine rings is 1. The zero-order valence-corrected chi connectivity index (χ0v) is 11.3. The lowest BCUT2D eigenvalue weighted by molar-refractivity contribution is -0.137. The standard InChI is InChI=1S/C13H15ClN2O3/c1-7-4-9(5-11(14)15-7)13(19)16-10(6-12(17)18)8-2-3-8/h4-5,8,10H,2-3,6H2,1H3,(H,16,19)(H,17,18). The summed E-state index contributed by atoms with van der Waals surface area (Å²) < 4.78 is 0. The van der Waals surface area contributed by atoms with Crippen LogP contribution in [-0.4, -0.2) is 28.0 Å². The van der Waals surface area contributed by atoms with Gasteiger partial charge in [-0.2, -0.15) is 0 Å². The molecule has 1 amide bonds. The van der Waals surface area contributed by atoms with E-state index >= 15 is 0 Å². The SMILES string of the molecule is Cc1cc(C(=O)NC(CC(=O)O)C2CC2)cc(Cl)n1. The fraction of sp³-hybridized carbons (Fsp3) is 0.462. The van der Waals surface area contributed by atoms with E-state index in [0.29, 0.717) is 11.3 Å². The number of carboxylic acid groups (broad SMARTS) is 1. The summed E-state index contributed by atoms with van der Waals surface area (Å²) in [4.78, 5) is 26.9. The molecule has 0 saturated heterocycles. The Morgan fingerprint density at radius 1 is 1.53 bits per heavy atom. The molecule has 1 unspecified atom stereocenters. The highest BCUT2D eigenvalue weighted by atomic mass is 35.5. The fourth-order valence-corrected chi connectivity index (χ4v) is 2.28. The minimum absolute atomic E-state index is 0.0474. The van der Waals surface area contributed by atoms with Crippen molar-refractivity contribution in [1.82, 2.24) is 10.3 Å². The number of amides is 1. The molecule has 5 nitrogen and oxygen atoms in total. The van der Waals surface area contributed by atoms with Gasteiger partial charge < -0.3 is 10.4 Å². The molecule has 1 fully saturated rings. The van der Waals surface area contributed by atoms with Gasteiger partial charge in [0.25, 0.3) is 5.91 Å². The number of carbonyl (C=O) groups is 2. The predicted octanol–water partition coefficient (Wildman–Crippen LogP) is 2.03. The molecule has 0 bridgehead atoms. The zero-order chi connectivity index (χ0) is 14.0. The maximum absolute atomic E-state index is 12.1. The molecule has 1 atom stereocenters. The smallest absolute Gasteiger partial charge is 0.305 e. The number of hydrogen-bond donors (Lipinski definition) is 2. The molecule has 19 heavy (non-hydrogen) atoms. The van der Waals surface area contributed by atoms with E-state index in [1.54, 1.807) is 13.0 Å². The van der Waals surface area contributed by atoms with Crippen LogP contribution in [-0.2, 0) is 4.79 Å². The maximum atomic E-state index is 12.1. The molecule has 6 heteroatoms. The van der Waals surface area contributed by atoms with E-state index in [9.17, 15) is 9.59 Å². The van der Waals surface area contributed by atoms with Gasteiger partial charge in [0.2, 0.25) is 0 Å². The molecular formula is C13H15ClN2O3. The maximum Gasteiger partial charge on any atom is 0.305 e. The third kappa shape index (κ3) is 3.92. The lowest BCUT2D eigenvalue weighted by Gasteiger charge is -2.16. The number of nitrogens with zero attached hydrogens (tertiary/aromatic N) is 1. The number of carboxylic acids is 1. The first-order valence-corrected chi connectivity index (χ1v) is 6.50. The minimum Gasteiger partial charge on any atom is -0.481 e. The Hall–Kier alpha value is -1.62. The topological polar surface area (TPSA) is 79.3 Å². The van der Waals surface area contributed by atoms with Crippen LogP contribution in [0.15, 0.2) is 12.1 Å². The van der Waals surface area contributed by atoms with Crippen molar-refractivity contribution in [2.24, 2.45) is 5.92 Å². The number of aliphatic carboxylic acids is 1. The molecule has 1 aliphatic rings. The van der Waals surface area contributed by atoms with Crippen LogP contribution >= 0.6 is 11.6 Å². The second-order valence-corrected chi connectivity index (χ2v) is 5.22. The van der Waals surface area contributed by atoms with E-state index in [1.807, 2.05) is 0 Å². The minimum atomic E-state index is -0.902. The average Bonchev–Trinajstić information content (AvgIpc) is 3.09. The van der Waals surface area contributed by atoms with Gasteiger partial charge >= 0.3 is 5.97 Å². The van der Waals surface area contributed by atoms with E-state index in [0.717, 1.165) is 12.8 Å². The van der Waals surface area contributed by atoms with Crippen molar-refractivity contribution in [2.45, 2.75) is 32.2 Å². The lowest BCUT2D eigenvalue weighted by Crippen LogP contribution is -2.38. The molecular weight excluding hydrogens is 268 g/mol. The Bertz CT molecular complexity index is 494. The quantitative estimate of drug-likeness (QED) is 0.810. The van der Waals surface area contributed by atoms with Crippen LogP contribution in [0, 0.1) is 12.8 Å². The van der Waals surface area contributed by atoms with Crippen molar-refractivity contribution in [3.63, 3.8) is 0 Å². The number of nitrogens with one attached hydrogen (secondary N) is 1. The van der Waals surface area contributed by atoms with Gasteiger partial charge in [-0.1, -0.05) is 11.6 Å². The van der Waals surface area contributed by atoms with Crippen molar-refractivity contribution in [3.8, 4) is 0 Å². The van der Waals surface area contributed by atoms with Crippen molar-refractivity contribution in [2.75, 3.05) is 0 Å². The van der Waals surface area contributed by atoms with E-state index < -0.39 is 5.97 Å². The number of aryl methyl sites for hydroxylation is 1. The first-order valence-electron chi connectivity index (χ1n) is 6.12. The van der Waals surface area contributed by atoms with E-state index in [-0.39, 0.29) is 29.4 Å². The molecule has 1 aromatic heterocycles. The highest BCUT2D eigenvalue weighted by molar-refractivity contribution is 6.29. The summed E-state index contributed by atoms with van der Waals surface area (Å²) in [7, 11) is 0. The molecule has 0 spiro atoms. The summed E-state index contributed by atoms with van der Waals surface area (Å²) in [5, 5.41) is 11.9. The molecule has 1 aliphatic carbocycles. The van der Waals surface area contributed by atoms with Crippen molar-refractivity contribution in [1.29, 1.82) is 0 Å². The van der Waals surface area contributed by atoms with Crippen LogP contribution in [0.3, 0.4) is 0 Å². The predicted molar refractivity (Wildman–Crippen MR) is 70.2 cm³/mol. The average molecular weight is 283 g/mol. The molecule has 0 radical (unpaired) electrons. The number of carbonyl (C=O) groups excluding carboxylic acids is 1. The largest absolute Gasteiger partial charge is 0.481 e. The van der Waals surface area contributed by atoms with Gasteiger partial charge in [-0.3, -0.25) is 9.59 Å². The number of rotatable bonds is 5. The second kappa shape index (κ2) is 5.57. The highest BCUT2D eigenvalue weighted by Crippen LogP contribution is 2.34. The van der Waals surface area contributed by atoms with Gasteiger partial charge in [-0.25, -0.2) is 4.98 Å². The van der Waals surface area contributed by atoms with Crippen LogP contribution in [0.25, 0.3) is 0 Å². The van der Waals surface area contributed by atoms with Crippen molar-refractivity contribution in [3.05, 3.63) is 28.5 Å². The van der Waals surface area contributed by atoms with E-state index in [4.69, 9.17) is 16.7 Å². The first-order chi connectivity index (χ1) is 8.95. The van der Waals surface area contributed by atoms with Gasteiger partial charge in [0.05, 0.1) is 6.42 Å². The van der Waals surface area contributed by atoms with Crippen LogP contribution < -0.4 is 5.32 Å². The summed E-state index contributed by atoms with van der Waals surface area (Å²) in [6, 6.07) is 2.80. The Balaban J connectivity index is 2.07. The molecule has 2 N–H and O–H groups in total. The highest BCUT2D eigenvalue weighted by Gasteiger charge is 2.33. The van der Waals surface area contributed by atoms with Crippen LogP contribution in [0.1, 0.15) is 35.3 Å². The van der Waals surface area contributed by atoms with Crippen LogP contribution in [0.5, 0.6) is 0 Å². The second-order valence-electron chi connectivity index (χ2n) is 4.84. The summed E-state index contributed by atoms with van der Waals surface area (Å²) in [6.07, 6.45) is 1.89. The van der Waals surface area contributed by atoms with Gasteiger partial charge in [0.1, 0.15) is 5.15 Å². The Kier molecular flexibility index (Phi) is 4.04. The summed E-state index contributed by atoms with van der Waals surface area (Å²) >= 11 is 5.80. The van der Waals surface area contributed by atoms with Gasteiger partial charge in [-0.15, -0.1) is 0 Å². The summed E-state index contributed by atoms with van der Waals surface area (Å²) in [6.45, 7) is 1.75. The van der Waals surface area contributed by atoms with Crippen molar-refractivity contribution >= 4 is 23.5 Å². The molecule has 2 rings (SSSR count). The summed E-state index contributed by atoms with van der Waals surface area (Å²) in [5.74, 6) is -0.926. The van der Waals surface area contributed by atoms with Crippen LogP contribution in [0.2, 0.25) is 5.15 Å². The Labute approximate surface area is 116 Å². The fourth-order valence-electron chi connectivity index (χ4n) is 2.03. The van der Waals surface area contributed by atoms with Gasteiger partial charge in [-0.05, 0) is 37.8 Å². The first kappa shape index (κ1) is 13.8. The lowest BCUT2D eigenvalue weighted by atomic mass is 10.1. The summed E-state index contributed by atoms with van der Waals surface area (Å²) in [5.41, 5.74) is 1.06. The number of aromatic nitrogens is 1. The monoisotopic (exact) mass is 282 g/mol. The molecule has 0 aromatic carbocycles. The third-order valence-corrected chi connectivity index (χ3v) is 3.28. The Morgan fingerprint density at radius 3 is 2.74 bits per heavy atom. The molecule has 102 valence electrons. The molecule has 0 aliphatic heterocycles. The van der Waals surface area contributed by atoms with Crippen LogP contribution in [0.4, 0.5) is 0 Å². The molecule has 1 saturated carbocycles. The molecule has 1 heterocycles. The number of hydrogen-bond acceptors (Lipinski definition) is 3. The number of halogens is 1. The van der Waals surface area contributed by atoms with E-state index in [1.165, 1.54) is 6.07 Å². The van der Waals surface area contributed by atoms with Gasteiger partial charge in [0, 0.05) is 17.3 Å².